The third kappa shape index (κ3) is 5.82. The lowest BCUT2D eigenvalue weighted by atomic mass is 10.0. The van der Waals surface area contributed by atoms with Crippen LogP contribution in [0.3, 0.4) is 0 Å². The van der Waals surface area contributed by atoms with E-state index < -0.39 is 11.9 Å². The van der Waals surface area contributed by atoms with E-state index in [9.17, 15) is 14.0 Å². The lowest BCUT2D eigenvalue weighted by Gasteiger charge is -2.36. The molecule has 1 atom stereocenters. The maximum Gasteiger partial charge on any atom is 0.287 e. The molecule has 8 heteroatoms. The number of nitrogens with one attached hydrogen (secondary N) is 1. The molecule has 3 aromatic rings. The summed E-state index contributed by atoms with van der Waals surface area (Å²) in [7, 11) is 1.57. The van der Waals surface area contributed by atoms with Crippen molar-refractivity contribution < 1.29 is 23.1 Å². The molecule has 0 bridgehead atoms. The number of hydrogen-bond acceptors (Lipinski definition) is 5. The van der Waals surface area contributed by atoms with Gasteiger partial charge in [-0.3, -0.25) is 14.5 Å². The number of hydrogen-bond donors (Lipinski definition) is 1. The highest BCUT2D eigenvalue weighted by Crippen LogP contribution is 2.22. The van der Waals surface area contributed by atoms with Gasteiger partial charge in [-0.2, -0.15) is 0 Å². The van der Waals surface area contributed by atoms with Gasteiger partial charge >= 0.3 is 0 Å². The molecule has 1 aliphatic rings. The number of amides is 2. The van der Waals surface area contributed by atoms with Crippen LogP contribution in [0.2, 0.25) is 0 Å². The van der Waals surface area contributed by atoms with Crippen molar-refractivity contribution >= 4 is 11.8 Å². The van der Waals surface area contributed by atoms with Crippen molar-refractivity contribution in [2.45, 2.75) is 19.0 Å². The molecule has 2 heterocycles. The van der Waals surface area contributed by atoms with Crippen LogP contribution in [-0.2, 0) is 17.8 Å². The van der Waals surface area contributed by atoms with Crippen LogP contribution in [0.25, 0.3) is 0 Å². The molecule has 178 valence electrons. The first-order chi connectivity index (χ1) is 16.5. The van der Waals surface area contributed by atoms with Crippen molar-refractivity contribution in [2.24, 2.45) is 0 Å². The number of nitrogens with zero attached hydrogens (tertiary/aromatic N) is 2. The van der Waals surface area contributed by atoms with E-state index in [4.69, 9.17) is 9.15 Å². The van der Waals surface area contributed by atoms with Crippen molar-refractivity contribution in [3.8, 4) is 5.75 Å². The van der Waals surface area contributed by atoms with E-state index in [1.807, 2.05) is 30.3 Å². The number of methoxy groups -OCH3 is 1. The van der Waals surface area contributed by atoms with Gasteiger partial charge in [0.25, 0.3) is 5.91 Å². The van der Waals surface area contributed by atoms with Gasteiger partial charge in [-0.15, -0.1) is 0 Å². The first kappa shape index (κ1) is 23.5. The molecule has 7 nitrogen and oxygen atoms in total. The van der Waals surface area contributed by atoms with Gasteiger partial charge in [0.2, 0.25) is 5.91 Å². The summed E-state index contributed by atoms with van der Waals surface area (Å²) in [5, 5.41) is 2.84. The zero-order valence-electron chi connectivity index (χ0n) is 19.1. The van der Waals surface area contributed by atoms with Gasteiger partial charge in [0, 0.05) is 44.7 Å². The Morgan fingerprint density at radius 3 is 2.50 bits per heavy atom. The Labute approximate surface area is 198 Å². The molecule has 2 aromatic carbocycles. The Hall–Kier alpha value is -3.65. The minimum atomic E-state index is -0.713. The van der Waals surface area contributed by atoms with Gasteiger partial charge in [-0.25, -0.2) is 4.39 Å². The Kier molecular flexibility index (Phi) is 7.59. The number of furan rings is 1. The number of ether oxygens (including phenoxy) is 1. The Morgan fingerprint density at radius 1 is 1.06 bits per heavy atom. The van der Waals surface area contributed by atoms with E-state index in [1.165, 1.54) is 18.4 Å². The van der Waals surface area contributed by atoms with Crippen molar-refractivity contribution in [2.75, 3.05) is 33.3 Å². The molecular formula is C26H28FN3O4. The summed E-state index contributed by atoms with van der Waals surface area (Å²) >= 11 is 0. The molecule has 0 radical (unpaired) electrons. The molecular weight excluding hydrogens is 437 g/mol. The average Bonchev–Trinajstić information content (AvgIpc) is 3.40. The van der Waals surface area contributed by atoms with E-state index in [0.29, 0.717) is 44.9 Å². The molecule has 34 heavy (non-hydrogen) atoms. The standard InChI is InChI=1S/C26H28FN3O4/c1-33-23-10-9-21(27)17-20(23)18-29-11-13-30(14-12-29)26(32)22(16-19-6-3-2-4-7-19)28-25(31)24-8-5-15-34-24/h2-10,15,17,22H,11-14,16,18H2,1H3,(H,28,31)/t22-/m1/s1. The minimum Gasteiger partial charge on any atom is -0.496 e. The van der Waals surface area contributed by atoms with Gasteiger partial charge in [-0.1, -0.05) is 30.3 Å². The normalized spacial score (nSPS) is 15.1. The zero-order valence-corrected chi connectivity index (χ0v) is 19.1. The predicted molar refractivity (Wildman–Crippen MR) is 125 cm³/mol. The Balaban J connectivity index is 1.40. The molecule has 1 fully saturated rings. The molecule has 1 saturated heterocycles. The average molecular weight is 466 g/mol. The number of carbonyl (C=O) groups excluding carboxylic acids is 2. The highest BCUT2D eigenvalue weighted by atomic mass is 19.1. The summed E-state index contributed by atoms with van der Waals surface area (Å²) in [6.45, 7) is 2.83. The third-order valence-corrected chi connectivity index (χ3v) is 5.95. The zero-order chi connectivity index (χ0) is 23.9. The van der Waals surface area contributed by atoms with E-state index in [-0.39, 0.29) is 17.5 Å². The monoisotopic (exact) mass is 465 g/mol. The summed E-state index contributed by atoms with van der Waals surface area (Å²) < 4.78 is 24.3. The number of halogens is 1. The summed E-state index contributed by atoms with van der Waals surface area (Å²) in [5.74, 6) is -0.0493. The summed E-state index contributed by atoms with van der Waals surface area (Å²) in [6, 6.07) is 16.6. The number of benzene rings is 2. The van der Waals surface area contributed by atoms with Crippen LogP contribution < -0.4 is 10.1 Å². The number of carbonyl (C=O) groups is 2. The van der Waals surface area contributed by atoms with Crippen LogP contribution in [-0.4, -0.2) is 60.9 Å². The van der Waals surface area contributed by atoms with Crippen LogP contribution in [0, 0.1) is 5.82 Å². The Morgan fingerprint density at radius 2 is 1.82 bits per heavy atom. The molecule has 4 rings (SSSR count). The fourth-order valence-corrected chi connectivity index (χ4v) is 4.15. The second-order valence-corrected chi connectivity index (χ2v) is 8.25. The number of rotatable bonds is 8. The molecule has 0 saturated carbocycles. The molecule has 0 aliphatic carbocycles. The largest absolute Gasteiger partial charge is 0.496 e. The summed E-state index contributed by atoms with van der Waals surface area (Å²) in [4.78, 5) is 30.0. The van der Waals surface area contributed by atoms with Crippen molar-refractivity contribution in [3.63, 3.8) is 0 Å². The van der Waals surface area contributed by atoms with Crippen LogP contribution in [0.1, 0.15) is 21.7 Å². The van der Waals surface area contributed by atoms with E-state index in [2.05, 4.69) is 10.2 Å². The van der Waals surface area contributed by atoms with Gasteiger partial charge in [0.05, 0.1) is 13.4 Å². The van der Waals surface area contributed by atoms with Gasteiger partial charge in [0.15, 0.2) is 5.76 Å². The van der Waals surface area contributed by atoms with Crippen molar-refractivity contribution in [1.82, 2.24) is 15.1 Å². The van der Waals surface area contributed by atoms with Crippen LogP contribution in [0.5, 0.6) is 5.75 Å². The third-order valence-electron chi connectivity index (χ3n) is 5.95. The van der Waals surface area contributed by atoms with Crippen molar-refractivity contribution in [3.05, 3.63) is 89.6 Å². The molecule has 2 amide bonds. The quantitative estimate of drug-likeness (QED) is 0.553. The van der Waals surface area contributed by atoms with E-state index >= 15 is 0 Å². The maximum absolute atomic E-state index is 13.7. The first-order valence-corrected chi connectivity index (χ1v) is 11.3. The first-order valence-electron chi connectivity index (χ1n) is 11.3. The van der Waals surface area contributed by atoms with Gasteiger partial charge < -0.3 is 19.4 Å². The second-order valence-electron chi connectivity index (χ2n) is 8.25. The Bertz CT molecular complexity index is 1100. The van der Waals surface area contributed by atoms with E-state index in [0.717, 1.165) is 11.1 Å². The lowest BCUT2D eigenvalue weighted by molar-refractivity contribution is -0.135. The smallest absolute Gasteiger partial charge is 0.287 e. The fourth-order valence-electron chi connectivity index (χ4n) is 4.15. The van der Waals surface area contributed by atoms with Gasteiger partial charge in [-0.05, 0) is 35.9 Å². The summed E-state index contributed by atoms with van der Waals surface area (Å²) in [6.07, 6.45) is 1.81. The topological polar surface area (TPSA) is 75.0 Å². The molecule has 1 N–H and O–H groups in total. The van der Waals surface area contributed by atoms with Crippen LogP contribution in [0.15, 0.2) is 71.3 Å². The molecule has 1 aliphatic heterocycles. The molecule has 1 aromatic heterocycles. The highest BCUT2D eigenvalue weighted by Gasteiger charge is 2.30. The van der Waals surface area contributed by atoms with Crippen molar-refractivity contribution in [1.29, 1.82) is 0 Å². The molecule has 0 spiro atoms. The summed E-state index contributed by atoms with van der Waals surface area (Å²) in [5.41, 5.74) is 1.73. The van der Waals surface area contributed by atoms with Crippen LogP contribution in [0.4, 0.5) is 4.39 Å². The lowest BCUT2D eigenvalue weighted by Crippen LogP contribution is -2.55. The minimum absolute atomic E-state index is 0.133. The predicted octanol–water partition coefficient (Wildman–Crippen LogP) is 3.11. The molecule has 0 unspecified atom stereocenters. The second kappa shape index (κ2) is 11.0. The van der Waals surface area contributed by atoms with E-state index in [1.54, 1.807) is 30.2 Å². The SMILES string of the molecule is COc1ccc(F)cc1CN1CCN(C(=O)[C@@H](Cc2ccccc2)NC(=O)c2ccco2)CC1. The maximum atomic E-state index is 13.7. The fraction of sp³-hybridized carbons (Fsp3) is 0.308. The van der Waals surface area contributed by atoms with Gasteiger partial charge in [0.1, 0.15) is 17.6 Å². The van der Waals surface area contributed by atoms with Crippen LogP contribution >= 0.6 is 0 Å². The number of piperazine rings is 1. The highest BCUT2D eigenvalue weighted by molar-refractivity contribution is 5.95.